The van der Waals surface area contributed by atoms with Crippen molar-refractivity contribution >= 4 is 25.7 Å². The Balaban J connectivity index is 2.66. The van der Waals surface area contributed by atoms with Crippen LogP contribution >= 0.6 is 0 Å². The van der Waals surface area contributed by atoms with Gasteiger partial charge in [0.15, 0.2) is 0 Å². The number of aliphatic carboxylic acids is 1. The fourth-order valence-corrected chi connectivity index (χ4v) is 2.41. The van der Waals surface area contributed by atoms with E-state index in [0.29, 0.717) is 0 Å². The van der Waals surface area contributed by atoms with E-state index in [2.05, 4.69) is 11.5 Å². The van der Waals surface area contributed by atoms with Crippen LogP contribution in [0.4, 0.5) is 0 Å². The van der Waals surface area contributed by atoms with Crippen molar-refractivity contribution in [3.63, 3.8) is 0 Å². The monoisotopic (exact) mass is 345 g/mol. The molecular weight excluding hydrogens is 322 g/mol. The lowest BCUT2D eigenvalue weighted by Gasteiger charge is -2.20. The molecule has 1 amide bonds. The van der Waals surface area contributed by atoms with Gasteiger partial charge in [-0.3, -0.25) is 14.4 Å². The molecule has 0 spiro atoms. The van der Waals surface area contributed by atoms with Gasteiger partial charge in [0.2, 0.25) is 11.7 Å². The van der Waals surface area contributed by atoms with E-state index in [1.165, 1.54) is 4.90 Å². The van der Waals surface area contributed by atoms with Crippen molar-refractivity contribution in [2.75, 3.05) is 6.54 Å². The number of ketones is 1. The van der Waals surface area contributed by atoms with Gasteiger partial charge in [-0.1, -0.05) is 50.0 Å². The molecule has 0 aliphatic carbocycles. The zero-order valence-corrected chi connectivity index (χ0v) is 15.3. The van der Waals surface area contributed by atoms with E-state index in [0.717, 1.165) is 5.56 Å². The minimum absolute atomic E-state index is 0.0151. The molecule has 0 radical (unpaired) electrons. The van der Waals surface area contributed by atoms with E-state index in [4.69, 9.17) is 5.11 Å². The number of carbonyl (C=O) groups is 3. The predicted molar refractivity (Wildman–Crippen MR) is 94.9 cm³/mol. The van der Waals surface area contributed by atoms with Crippen LogP contribution in [0.15, 0.2) is 30.3 Å². The highest BCUT2D eigenvalue weighted by atomic mass is 28.3. The number of amides is 1. The number of benzene rings is 1. The highest BCUT2D eigenvalue weighted by molar-refractivity contribution is 6.84. The summed E-state index contributed by atoms with van der Waals surface area (Å²) in [6.07, 6.45) is -0.0133. The first-order chi connectivity index (χ1) is 11.2. The average Bonchev–Trinajstić information content (AvgIpc) is 2.50. The van der Waals surface area contributed by atoms with Crippen molar-refractivity contribution in [3.05, 3.63) is 35.9 Å². The summed E-state index contributed by atoms with van der Waals surface area (Å²) in [6, 6.07) is 9.16. The van der Waals surface area contributed by atoms with Crippen molar-refractivity contribution < 1.29 is 19.5 Å². The lowest BCUT2D eigenvalue weighted by Crippen LogP contribution is -2.35. The fourth-order valence-electron chi connectivity index (χ4n) is 1.90. The quantitative estimate of drug-likeness (QED) is 0.608. The van der Waals surface area contributed by atoms with E-state index in [1.807, 2.05) is 50.0 Å². The summed E-state index contributed by atoms with van der Waals surface area (Å²) >= 11 is 0. The summed E-state index contributed by atoms with van der Waals surface area (Å²) in [5.41, 5.74) is 3.81. The molecule has 0 saturated heterocycles. The molecule has 0 unspecified atom stereocenters. The topological polar surface area (TPSA) is 74.7 Å². The minimum atomic E-state index is -1.63. The number of carboxylic acid groups (broad SMARTS) is 1. The molecule has 0 atom stereocenters. The number of nitrogens with zero attached hydrogens (tertiary/aromatic N) is 1. The van der Waals surface area contributed by atoms with Gasteiger partial charge in [-0.15, -0.1) is 5.54 Å². The SMILES string of the molecule is C[Si](C)(C)C#CC(=O)CCC(=O)N(CC(=O)O)Cc1ccccc1. The first kappa shape index (κ1) is 19.7. The van der Waals surface area contributed by atoms with Crippen molar-refractivity contribution in [3.8, 4) is 11.5 Å². The minimum Gasteiger partial charge on any atom is -0.480 e. The van der Waals surface area contributed by atoms with Gasteiger partial charge in [0.25, 0.3) is 0 Å². The molecule has 128 valence electrons. The summed E-state index contributed by atoms with van der Waals surface area (Å²) in [6.45, 7) is 5.93. The smallest absolute Gasteiger partial charge is 0.323 e. The van der Waals surface area contributed by atoms with Crippen molar-refractivity contribution in [1.29, 1.82) is 0 Å². The Morgan fingerprint density at radius 1 is 1.08 bits per heavy atom. The van der Waals surface area contributed by atoms with E-state index in [1.54, 1.807) is 0 Å². The zero-order chi connectivity index (χ0) is 18.2. The number of carbonyl (C=O) groups excluding carboxylic acids is 2. The van der Waals surface area contributed by atoms with Crippen LogP contribution in [0, 0.1) is 11.5 Å². The first-order valence-electron chi connectivity index (χ1n) is 7.77. The standard InChI is InChI=1S/C18H23NO4Si/c1-24(2,3)12-11-16(20)9-10-17(21)19(14-18(22)23)13-15-7-5-4-6-8-15/h4-8H,9-10,13-14H2,1-3H3,(H,22,23). The van der Waals surface area contributed by atoms with E-state index in [9.17, 15) is 14.4 Å². The number of Topliss-reactive ketones (excluding diaryl/α,β-unsaturated/α-hetero) is 1. The van der Waals surface area contributed by atoms with Gasteiger partial charge in [-0.2, -0.15) is 0 Å². The van der Waals surface area contributed by atoms with Crippen LogP contribution in [0.5, 0.6) is 0 Å². The third kappa shape index (κ3) is 8.29. The van der Waals surface area contributed by atoms with Crippen LogP contribution in [0.3, 0.4) is 0 Å². The predicted octanol–water partition coefficient (Wildman–Crippen LogP) is 2.33. The molecule has 0 aliphatic heterocycles. The van der Waals surface area contributed by atoms with Crippen LogP contribution in [-0.2, 0) is 20.9 Å². The van der Waals surface area contributed by atoms with Gasteiger partial charge >= 0.3 is 5.97 Å². The molecular formula is C18H23NO4Si. The summed E-state index contributed by atoms with van der Waals surface area (Å²) < 4.78 is 0. The normalized spacial score (nSPS) is 10.5. The Hall–Kier alpha value is -2.39. The van der Waals surface area contributed by atoms with Gasteiger partial charge in [0, 0.05) is 19.4 Å². The molecule has 1 aromatic rings. The molecule has 0 saturated carbocycles. The Bertz CT molecular complexity index is 653. The molecule has 0 heterocycles. The maximum absolute atomic E-state index is 12.3. The van der Waals surface area contributed by atoms with Gasteiger partial charge in [0.05, 0.1) is 0 Å². The maximum atomic E-state index is 12.3. The highest BCUT2D eigenvalue weighted by Gasteiger charge is 2.18. The van der Waals surface area contributed by atoms with E-state index < -0.39 is 14.0 Å². The van der Waals surface area contributed by atoms with Gasteiger partial charge in [-0.25, -0.2) is 0 Å². The van der Waals surface area contributed by atoms with E-state index >= 15 is 0 Å². The van der Waals surface area contributed by atoms with Crippen LogP contribution in [-0.4, -0.2) is 42.3 Å². The molecule has 1 aromatic carbocycles. The molecule has 1 N–H and O–H groups in total. The van der Waals surface area contributed by atoms with Gasteiger partial charge in [0.1, 0.15) is 14.6 Å². The number of hydrogen-bond acceptors (Lipinski definition) is 3. The van der Waals surface area contributed by atoms with Crippen molar-refractivity contribution in [2.24, 2.45) is 0 Å². The summed E-state index contributed by atoms with van der Waals surface area (Å²) in [7, 11) is -1.63. The molecule has 1 rings (SSSR count). The van der Waals surface area contributed by atoms with Crippen LogP contribution < -0.4 is 0 Å². The summed E-state index contributed by atoms with van der Waals surface area (Å²) in [4.78, 5) is 36.2. The number of carboxylic acids is 1. The number of hydrogen-bond donors (Lipinski definition) is 1. The van der Waals surface area contributed by atoms with Crippen LogP contribution in [0.2, 0.25) is 19.6 Å². The molecule has 5 nitrogen and oxygen atoms in total. The molecule has 0 bridgehead atoms. The first-order valence-corrected chi connectivity index (χ1v) is 11.3. The Labute approximate surface area is 143 Å². The second-order valence-electron chi connectivity index (χ2n) is 6.55. The Kier molecular flexibility index (Phi) is 7.40. The lowest BCUT2D eigenvalue weighted by molar-refractivity contribution is -0.145. The summed E-state index contributed by atoms with van der Waals surface area (Å²) in [5.74, 6) is 0.879. The Morgan fingerprint density at radius 3 is 2.25 bits per heavy atom. The molecule has 0 aliphatic rings. The molecule has 0 fully saturated rings. The Morgan fingerprint density at radius 2 is 1.71 bits per heavy atom. The van der Waals surface area contributed by atoms with Gasteiger partial charge < -0.3 is 10.0 Å². The maximum Gasteiger partial charge on any atom is 0.323 e. The lowest BCUT2D eigenvalue weighted by atomic mass is 10.1. The van der Waals surface area contributed by atoms with Crippen molar-refractivity contribution in [1.82, 2.24) is 4.90 Å². The van der Waals surface area contributed by atoms with Crippen LogP contribution in [0.1, 0.15) is 18.4 Å². The zero-order valence-electron chi connectivity index (χ0n) is 14.3. The fraction of sp³-hybridized carbons (Fsp3) is 0.389. The average molecular weight is 345 g/mol. The number of rotatable bonds is 7. The van der Waals surface area contributed by atoms with Crippen LogP contribution in [0.25, 0.3) is 0 Å². The van der Waals surface area contributed by atoms with Gasteiger partial charge in [-0.05, 0) is 11.5 Å². The third-order valence-corrected chi connectivity index (χ3v) is 3.91. The van der Waals surface area contributed by atoms with Crippen molar-refractivity contribution in [2.45, 2.75) is 39.0 Å². The highest BCUT2D eigenvalue weighted by Crippen LogP contribution is 2.07. The second-order valence-corrected chi connectivity index (χ2v) is 11.3. The largest absolute Gasteiger partial charge is 0.480 e. The summed E-state index contributed by atoms with van der Waals surface area (Å²) in [5, 5.41) is 8.98. The molecule has 6 heteroatoms. The third-order valence-electron chi connectivity index (χ3n) is 3.04. The molecule has 0 aromatic heterocycles. The second kappa shape index (κ2) is 9.04. The van der Waals surface area contributed by atoms with E-state index in [-0.39, 0.29) is 37.6 Å². The molecule has 24 heavy (non-hydrogen) atoms.